The molecule has 0 radical (unpaired) electrons. The fourth-order valence-corrected chi connectivity index (χ4v) is 1.92. The Kier molecular flexibility index (Phi) is 3.94. The van der Waals surface area contributed by atoms with E-state index in [1.165, 1.54) is 22.3 Å². The number of hydrogen-bond acceptors (Lipinski definition) is 1. The first-order valence-corrected chi connectivity index (χ1v) is 6.15. The van der Waals surface area contributed by atoms with E-state index in [0.29, 0.717) is 0 Å². The summed E-state index contributed by atoms with van der Waals surface area (Å²) in [5.74, 6) is 0. The van der Waals surface area contributed by atoms with Gasteiger partial charge in [0.25, 0.3) is 0 Å². The van der Waals surface area contributed by atoms with Crippen LogP contribution >= 0.6 is 0 Å². The van der Waals surface area contributed by atoms with Crippen LogP contribution in [0.5, 0.6) is 0 Å². The fraction of sp³-hybridized carbons (Fsp3) is 0.250. The number of rotatable bonds is 4. The van der Waals surface area contributed by atoms with Gasteiger partial charge in [-0.25, -0.2) is 0 Å². The molecule has 0 saturated carbocycles. The maximum Gasteiger partial charge on any atom is -0.00741 e. The van der Waals surface area contributed by atoms with E-state index in [4.69, 9.17) is 5.73 Å². The molecule has 0 atom stereocenters. The molecule has 1 nitrogen and oxygen atoms in total. The zero-order valence-electron chi connectivity index (χ0n) is 10.3. The smallest absolute Gasteiger partial charge is 0.00741 e. The van der Waals surface area contributed by atoms with Crippen LogP contribution in [-0.2, 0) is 6.42 Å². The molecule has 0 amide bonds. The number of nitrogens with two attached hydrogens (primary N) is 1. The minimum atomic E-state index is 0.764. The third-order valence-corrected chi connectivity index (χ3v) is 3.01. The van der Waals surface area contributed by atoms with Gasteiger partial charge in [-0.1, -0.05) is 54.1 Å². The minimum Gasteiger partial charge on any atom is -0.330 e. The zero-order valence-corrected chi connectivity index (χ0v) is 10.3. The Morgan fingerprint density at radius 3 is 1.88 bits per heavy atom. The summed E-state index contributed by atoms with van der Waals surface area (Å²) in [6, 6.07) is 17.4. The summed E-state index contributed by atoms with van der Waals surface area (Å²) in [6.45, 7) is 2.87. The molecule has 0 aliphatic carbocycles. The lowest BCUT2D eigenvalue weighted by Gasteiger charge is -2.04. The van der Waals surface area contributed by atoms with E-state index in [9.17, 15) is 0 Å². The summed E-state index contributed by atoms with van der Waals surface area (Å²) in [7, 11) is 0. The SMILES string of the molecule is Cc1ccc(-c2ccc(CCCN)cc2)cc1. The Hall–Kier alpha value is -1.60. The van der Waals surface area contributed by atoms with E-state index < -0.39 is 0 Å². The van der Waals surface area contributed by atoms with Crippen molar-refractivity contribution >= 4 is 0 Å². The molecule has 17 heavy (non-hydrogen) atoms. The van der Waals surface area contributed by atoms with Gasteiger partial charge < -0.3 is 5.73 Å². The monoisotopic (exact) mass is 225 g/mol. The molecule has 0 heterocycles. The lowest BCUT2D eigenvalue weighted by Crippen LogP contribution is -2.00. The van der Waals surface area contributed by atoms with Crippen molar-refractivity contribution in [3.05, 3.63) is 59.7 Å². The molecule has 0 fully saturated rings. The highest BCUT2D eigenvalue weighted by Gasteiger charge is 1.97. The van der Waals surface area contributed by atoms with Crippen LogP contribution < -0.4 is 5.73 Å². The van der Waals surface area contributed by atoms with Gasteiger partial charge in [0.15, 0.2) is 0 Å². The first-order valence-electron chi connectivity index (χ1n) is 6.15. The molecular formula is C16H19N. The highest BCUT2D eigenvalue weighted by molar-refractivity contribution is 5.63. The first kappa shape index (κ1) is 11.9. The first-order chi connectivity index (χ1) is 8.29. The molecule has 0 bridgehead atoms. The molecule has 88 valence electrons. The second-order valence-electron chi connectivity index (χ2n) is 4.46. The highest BCUT2D eigenvalue weighted by Crippen LogP contribution is 2.20. The Balaban J connectivity index is 2.14. The molecule has 2 rings (SSSR count). The van der Waals surface area contributed by atoms with E-state index in [1.54, 1.807) is 0 Å². The predicted octanol–water partition coefficient (Wildman–Crippen LogP) is 3.55. The maximum absolute atomic E-state index is 5.51. The van der Waals surface area contributed by atoms with Gasteiger partial charge in [0.05, 0.1) is 0 Å². The van der Waals surface area contributed by atoms with Gasteiger partial charge in [-0.15, -0.1) is 0 Å². The van der Waals surface area contributed by atoms with E-state index >= 15 is 0 Å². The molecule has 1 heteroatoms. The number of benzene rings is 2. The molecule has 2 aromatic carbocycles. The quantitative estimate of drug-likeness (QED) is 0.846. The van der Waals surface area contributed by atoms with Crippen molar-refractivity contribution in [3.63, 3.8) is 0 Å². The summed E-state index contributed by atoms with van der Waals surface area (Å²) in [6.07, 6.45) is 2.13. The van der Waals surface area contributed by atoms with Gasteiger partial charge in [0.2, 0.25) is 0 Å². The molecule has 0 aromatic heterocycles. The van der Waals surface area contributed by atoms with E-state index in [2.05, 4.69) is 55.5 Å². The standard InChI is InChI=1S/C16H19N/c1-13-4-8-15(9-5-13)16-10-6-14(7-11-16)3-2-12-17/h4-11H,2-3,12,17H2,1H3. The van der Waals surface area contributed by atoms with Crippen molar-refractivity contribution in [1.82, 2.24) is 0 Å². The van der Waals surface area contributed by atoms with Gasteiger partial charge in [0.1, 0.15) is 0 Å². The molecular weight excluding hydrogens is 206 g/mol. The largest absolute Gasteiger partial charge is 0.330 e. The summed E-state index contributed by atoms with van der Waals surface area (Å²) >= 11 is 0. The van der Waals surface area contributed by atoms with Crippen LogP contribution in [0.25, 0.3) is 11.1 Å². The van der Waals surface area contributed by atoms with Crippen LogP contribution in [0, 0.1) is 6.92 Å². The summed E-state index contributed by atoms with van der Waals surface area (Å²) < 4.78 is 0. The molecule has 0 saturated heterocycles. The molecule has 0 unspecified atom stereocenters. The van der Waals surface area contributed by atoms with Crippen LogP contribution in [0.4, 0.5) is 0 Å². The highest BCUT2D eigenvalue weighted by atomic mass is 14.5. The van der Waals surface area contributed by atoms with Crippen molar-refractivity contribution in [2.75, 3.05) is 6.54 Å². The number of aryl methyl sites for hydroxylation is 2. The number of hydrogen-bond donors (Lipinski definition) is 1. The Labute approximate surface area is 103 Å². The van der Waals surface area contributed by atoms with Crippen molar-refractivity contribution < 1.29 is 0 Å². The van der Waals surface area contributed by atoms with Gasteiger partial charge in [-0.05, 0) is 43.0 Å². The van der Waals surface area contributed by atoms with Crippen LogP contribution in [0.2, 0.25) is 0 Å². The van der Waals surface area contributed by atoms with Gasteiger partial charge in [0, 0.05) is 0 Å². The Morgan fingerprint density at radius 2 is 1.35 bits per heavy atom. The normalized spacial score (nSPS) is 10.5. The second kappa shape index (κ2) is 5.65. The van der Waals surface area contributed by atoms with Crippen molar-refractivity contribution in [1.29, 1.82) is 0 Å². The minimum absolute atomic E-state index is 0.764. The van der Waals surface area contributed by atoms with E-state index in [0.717, 1.165) is 19.4 Å². The molecule has 0 aliphatic heterocycles. The third kappa shape index (κ3) is 3.18. The Morgan fingerprint density at radius 1 is 0.824 bits per heavy atom. The third-order valence-electron chi connectivity index (χ3n) is 3.01. The summed E-state index contributed by atoms with van der Waals surface area (Å²) in [5.41, 5.74) is 10.7. The Bertz CT molecular complexity index is 454. The average Bonchev–Trinajstić information content (AvgIpc) is 2.38. The van der Waals surface area contributed by atoms with Crippen LogP contribution in [0.3, 0.4) is 0 Å². The fourth-order valence-electron chi connectivity index (χ4n) is 1.92. The molecule has 0 aliphatic rings. The van der Waals surface area contributed by atoms with Gasteiger partial charge in [-0.3, -0.25) is 0 Å². The van der Waals surface area contributed by atoms with Gasteiger partial charge >= 0.3 is 0 Å². The van der Waals surface area contributed by atoms with Crippen LogP contribution in [0.1, 0.15) is 17.5 Å². The van der Waals surface area contributed by atoms with Crippen molar-refractivity contribution in [2.24, 2.45) is 5.73 Å². The zero-order chi connectivity index (χ0) is 12.1. The average molecular weight is 225 g/mol. The lowest BCUT2D eigenvalue weighted by molar-refractivity contribution is 0.833. The van der Waals surface area contributed by atoms with Crippen LogP contribution in [-0.4, -0.2) is 6.54 Å². The van der Waals surface area contributed by atoms with Crippen molar-refractivity contribution in [2.45, 2.75) is 19.8 Å². The summed E-state index contributed by atoms with van der Waals surface area (Å²) in [4.78, 5) is 0. The van der Waals surface area contributed by atoms with Crippen LogP contribution in [0.15, 0.2) is 48.5 Å². The van der Waals surface area contributed by atoms with Gasteiger partial charge in [-0.2, -0.15) is 0 Å². The summed E-state index contributed by atoms with van der Waals surface area (Å²) in [5, 5.41) is 0. The maximum atomic E-state index is 5.51. The van der Waals surface area contributed by atoms with E-state index in [1.807, 2.05) is 0 Å². The topological polar surface area (TPSA) is 26.0 Å². The van der Waals surface area contributed by atoms with Crippen molar-refractivity contribution in [3.8, 4) is 11.1 Å². The van der Waals surface area contributed by atoms with E-state index in [-0.39, 0.29) is 0 Å². The molecule has 2 aromatic rings. The predicted molar refractivity (Wildman–Crippen MR) is 74.0 cm³/mol. The molecule has 2 N–H and O–H groups in total. The lowest BCUT2D eigenvalue weighted by atomic mass is 10.0. The molecule has 0 spiro atoms. The second-order valence-corrected chi connectivity index (χ2v) is 4.46.